The van der Waals surface area contributed by atoms with Gasteiger partial charge in [0.15, 0.2) is 6.29 Å². The number of fused-ring (bicyclic) bond motifs is 1. The molecule has 1 aromatic rings. The Labute approximate surface area is 158 Å². The highest BCUT2D eigenvalue weighted by molar-refractivity contribution is 5.13. The summed E-state index contributed by atoms with van der Waals surface area (Å²) in [6.07, 6.45) is -4.47. The molecule has 7 atom stereocenters. The van der Waals surface area contributed by atoms with Gasteiger partial charge in [-0.15, -0.1) is 0 Å². The van der Waals surface area contributed by atoms with E-state index in [4.69, 9.17) is 28.4 Å². The van der Waals surface area contributed by atoms with Crippen molar-refractivity contribution in [1.29, 1.82) is 0 Å². The van der Waals surface area contributed by atoms with Crippen LogP contribution in [0.2, 0.25) is 0 Å². The molecule has 0 spiro atoms. The van der Waals surface area contributed by atoms with E-state index >= 15 is 0 Å². The van der Waals surface area contributed by atoms with E-state index in [1.54, 1.807) is 13.8 Å². The molecule has 3 rings (SSSR count). The van der Waals surface area contributed by atoms with Gasteiger partial charge in [0.1, 0.15) is 24.4 Å². The molecule has 2 aliphatic heterocycles. The van der Waals surface area contributed by atoms with Crippen LogP contribution in [0.4, 0.5) is 0 Å². The molecule has 0 saturated carbocycles. The summed E-state index contributed by atoms with van der Waals surface area (Å²) in [5, 5.41) is 20.2. The van der Waals surface area contributed by atoms with Gasteiger partial charge in [-0.2, -0.15) is 0 Å². The second-order valence-electron chi connectivity index (χ2n) is 6.98. The predicted octanol–water partition coefficient (Wildman–Crippen LogP) is 0.790. The van der Waals surface area contributed by atoms with Crippen LogP contribution in [-0.2, 0) is 35.0 Å². The Kier molecular flexibility index (Phi) is 6.19. The minimum absolute atomic E-state index is 0.275. The quantitative estimate of drug-likeness (QED) is 0.743. The lowest BCUT2D eigenvalue weighted by molar-refractivity contribution is -0.484. The third kappa shape index (κ3) is 3.76. The lowest BCUT2D eigenvalue weighted by Gasteiger charge is -2.56. The predicted molar refractivity (Wildman–Crippen MR) is 93.6 cm³/mol. The average Bonchev–Trinajstić information content (AvgIpc) is 2.70. The minimum atomic E-state index is -1.27. The number of hydrogen-bond donors (Lipinski definition) is 2. The molecule has 0 radical (unpaired) electrons. The van der Waals surface area contributed by atoms with Gasteiger partial charge in [0, 0.05) is 14.2 Å². The summed E-state index contributed by atoms with van der Waals surface area (Å²) in [5.41, 5.74) is 0.956. The van der Waals surface area contributed by atoms with Crippen molar-refractivity contribution in [2.24, 2.45) is 0 Å². The van der Waals surface area contributed by atoms with Crippen molar-refractivity contribution in [2.45, 2.75) is 62.7 Å². The van der Waals surface area contributed by atoms with Gasteiger partial charge in [0.25, 0.3) is 0 Å². The number of aliphatic hydroxyl groups is 2. The fraction of sp³-hybridized carbons (Fsp3) is 0.684. The SMILES string of the molecule is CO[C@]1(C)O[C@@H]2[C@@H](OCc3ccccc3)O[C@H](CO)[C@@H](O)[C@@H]2O[C@@]1(C)OC. The Morgan fingerprint density at radius 1 is 1.00 bits per heavy atom. The van der Waals surface area contributed by atoms with Crippen LogP contribution in [0.1, 0.15) is 19.4 Å². The van der Waals surface area contributed by atoms with Crippen molar-refractivity contribution in [2.75, 3.05) is 20.8 Å². The maximum atomic E-state index is 10.6. The second kappa shape index (κ2) is 8.10. The van der Waals surface area contributed by atoms with Crippen molar-refractivity contribution in [3.05, 3.63) is 35.9 Å². The second-order valence-corrected chi connectivity index (χ2v) is 6.98. The topological polar surface area (TPSA) is 95.8 Å². The van der Waals surface area contributed by atoms with Gasteiger partial charge < -0.3 is 38.6 Å². The Morgan fingerprint density at radius 2 is 1.59 bits per heavy atom. The first-order chi connectivity index (χ1) is 12.9. The lowest BCUT2D eigenvalue weighted by Crippen LogP contribution is -2.73. The minimum Gasteiger partial charge on any atom is -0.394 e. The van der Waals surface area contributed by atoms with E-state index in [-0.39, 0.29) is 13.2 Å². The number of benzene rings is 1. The fourth-order valence-electron chi connectivity index (χ4n) is 3.39. The molecule has 2 saturated heterocycles. The molecule has 0 amide bonds. The first kappa shape index (κ1) is 20.6. The molecule has 8 nitrogen and oxygen atoms in total. The number of rotatable bonds is 6. The van der Waals surface area contributed by atoms with Gasteiger partial charge in [-0.25, -0.2) is 0 Å². The van der Waals surface area contributed by atoms with E-state index < -0.39 is 42.3 Å². The molecule has 1 aromatic carbocycles. The Balaban J connectivity index is 1.83. The van der Waals surface area contributed by atoms with E-state index in [0.717, 1.165) is 5.56 Å². The standard InChI is InChI=1S/C19H28O8/c1-18(22-3)19(2,23-4)27-16-15(26-18)14(21)13(10-20)25-17(16)24-11-12-8-6-5-7-9-12/h5-9,13-17,20-21H,10-11H2,1-4H3/t13-,14-,15+,16+,17+,18-,19-/m1/s1. The fourth-order valence-corrected chi connectivity index (χ4v) is 3.39. The lowest BCUT2D eigenvalue weighted by atomic mass is 9.94. The zero-order valence-corrected chi connectivity index (χ0v) is 16.0. The zero-order valence-electron chi connectivity index (χ0n) is 16.0. The Morgan fingerprint density at radius 3 is 2.15 bits per heavy atom. The molecular weight excluding hydrogens is 356 g/mol. The monoisotopic (exact) mass is 384 g/mol. The Hall–Kier alpha value is -1.10. The molecule has 0 unspecified atom stereocenters. The van der Waals surface area contributed by atoms with Gasteiger partial charge in [0.2, 0.25) is 11.6 Å². The third-order valence-corrected chi connectivity index (χ3v) is 5.38. The highest BCUT2D eigenvalue weighted by Gasteiger charge is 2.62. The van der Waals surface area contributed by atoms with Crippen LogP contribution in [0, 0.1) is 0 Å². The van der Waals surface area contributed by atoms with Crippen LogP contribution >= 0.6 is 0 Å². The Bertz CT molecular complexity index is 613. The maximum absolute atomic E-state index is 10.6. The molecule has 2 fully saturated rings. The van der Waals surface area contributed by atoms with Gasteiger partial charge in [-0.1, -0.05) is 30.3 Å². The summed E-state index contributed by atoms with van der Waals surface area (Å²) in [4.78, 5) is 0. The summed E-state index contributed by atoms with van der Waals surface area (Å²) in [7, 11) is 2.96. The third-order valence-electron chi connectivity index (χ3n) is 5.38. The van der Waals surface area contributed by atoms with Gasteiger partial charge in [0.05, 0.1) is 13.2 Å². The van der Waals surface area contributed by atoms with Gasteiger partial charge in [-0.3, -0.25) is 0 Å². The molecule has 152 valence electrons. The smallest absolute Gasteiger partial charge is 0.220 e. The number of ether oxygens (including phenoxy) is 6. The molecule has 8 heteroatoms. The summed E-state index contributed by atoms with van der Waals surface area (Å²) >= 11 is 0. The number of aliphatic hydroxyl groups excluding tert-OH is 2. The van der Waals surface area contributed by atoms with E-state index in [1.165, 1.54) is 14.2 Å². The van der Waals surface area contributed by atoms with Crippen molar-refractivity contribution in [3.63, 3.8) is 0 Å². The molecule has 0 aromatic heterocycles. The first-order valence-electron chi connectivity index (χ1n) is 8.93. The maximum Gasteiger partial charge on any atom is 0.220 e. The number of methoxy groups -OCH3 is 2. The molecule has 0 bridgehead atoms. The highest BCUT2D eigenvalue weighted by Crippen LogP contribution is 2.43. The molecular formula is C19H28O8. The van der Waals surface area contributed by atoms with Crippen LogP contribution in [0.3, 0.4) is 0 Å². The van der Waals surface area contributed by atoms with Crippen LogP contribution in [0.15, 0.2) is 30.3 Å². The van der Waals surface area contributed by atoms with E-state index in [0.29, 0.717) is 0 Å². The molecule has 2 N–H and O–H groups in total. The largest absolute Gasteiger partial charge is 0.394 e. The van der Waals surface area contributed by atoms with E-state index in [9.17, 15) is 10.2 Å². The molecule has 27 heavy (non-hydrogen) atoms. The first-order valence-corrected chi connectivity index (χ1v) is 8.93. The molecule has 0 aliphatic carbocycles. The van der Waals surface area contributed by atoms with Crippen molar-refractivity contribution in [1.82, 2.24) is 0 Å². The summed E-state index contributed by atoms with van der Waals surface area (Å²) in [6, 6.07) is 9.60. The van der Waals surface area contributed by atoms with Gasteiger partial charge in [-0.05, 0) is 19.4 Å². The van der Waals surface area contributed by atoms with Crippen LogP contribution in [0.25, 0.3) is 0 Å². The average molecular weight is 384 g/mol. The summed E-state index contributed by atoms with van der Waals surface area (Å²) in [5.74, 6) is -2.53. The van der Waals surface area contributed by atoms with Crippen LogP contribution < -0.4 is 0 Å². The van der Waals surface area contributed by atoms with Crippen molar-refractivity contribution < 1.29 is 38.6 Å². The van der Waals surface area contributed by atoms with Crippen molar-refractivity contribution >= 4 is 0 Å². The van der Waals surface area contributed by atoms with Gasteiger partial charge >= 0.3 is 0 Å². The van der Waals surface area contributed by atoms with Crippen LogP contribution in [-0.4, -0.2) is 73.3 Å². The summed E-state index contributed by atoms with van der Waals surface area (Å²) in [6.45, 7) is 3.25. The molecule has 2 heterocycles. The molecule has 2 aliphatic rings. The van der Waals surface area contributed by atoms with E-state index in [1.807, 2.05) is 30.3 Å². The normalized spacial score (nSPS) is 41.9. The highest BCUT2D eigenvalue weighted by atomic mass is 16.8. The number of hydrogen-bond acceptors (Lipinski definition) is 8. The summed E-state index contributed by atoms with van der Waals surface area (Å²) < 4.78 is 34.9. The zero-order chi connectivity index (χ0) is 19.7. The van der Waals surface area contributed by atoms with E-state index in [2.05, 4.69) is 0 Å². The van der Waals surface area contributed by atoms with Crippen LogP contribution in [0.5, 0.6) is 0 Å². The van der Waals surface area contributed by atoms with Crippen molar-refractivity contribution in [3.8, 4) is 0 Å².